The van der Waals surface area contributed by atoms with E-state index in [4.69, 9.17) is 4.74 Å². The Bertz CT molecular complexity index is 883. The minimum absolute atomic E-state index is 0.0371. The summed E-state index contributed by atoms with van der Waals surface area (Å²) in [5.74, 6) is -3.74. The number of ether oxygens (including phenoxy) is 1. The van der Waals surface area contributed by atoms with Crippen molar-refractivity contribution < 1.29 is 29.3 Å². The summed E-state index contributed by atoms with van der Waals surface area (Å²) < 4.78 is 5.81. The molecule has 0 spiro atoms. The minimum Gasteiger partial charge on any atom is -0.478 e. The molecule has 0 amide bonds. The van der Waals surface area contributed by atoms with Crippen molar-refractivity contribution in [3.8, 4) is 16.9 Å². The number of benzene rings is 2. The highest BCUT2D eigenvalue weighted by Crippen LogP contribution is 2.37. The number of aromatic carboxylic acids is 2. The topological polar surface area (TPSA) is 101 Å². The number of rotatable bonds is 5. The lowest BCUT2D eigenvalue weighted by Gasteiger charge is -2.17. The van der Waals surface area contributed by atoms with E-state index in [0.29, 0.717) is 5.56 Å². The number of carboxylic acids is 2. The monoisotopic (exact) mass is 404 g/mol. The third kappa shape index (κ3) is 3.77. The van der Waals surface area contributed by atoms with Crippen LogP contribution in [0.5, 0.6) is 5.75 Å². The van der Waals surface area contributed by atoms with Gasteiger partial charge in [0, 0.05) is 16.1 Å². The number of hydrogen-bond acceptors (Lipinski definition) is 4. The molecule has 6 nitrogen and oxygen atoms in total. The summed E-state index contributed by atoms with van der Waals surface area (Å²) in [5, 5.41) is 19.2. The Labute approximate surface area is 151 Å². The van der Waals surface area contributed by atoms with Crippen LogP contribution in [0.3, 0.4) is 0 Å². The van der Waals surface area contributed by atoms with Gasteiger partial charge in [-0.2, -0.15) is 0 Å². The molecule has 0 radical (unpaired) electrons. The van der Waals surface area contributed by atoms with E-state index in [0.717, 1.165) is 10.5 Å². The second-order valence-electron chi connectivity index (χ2n) is 5.06. The Balaban J connectivity index is 2.89. The average molecular weight is 405 g/mol. The van der Waals surface area contributed by atoms with Gasteiger partial charge in [-0.25, -0.2) is 14.4 Å². The van der Waals surface area contributed by atoms with E-state index in [-0.39, 0.29) is 22.4 Å². The molecule has 0 fully saturated rings. The first-order valence-corrected chi connectivity index (χ1v) is 7.80. The van der Waals surface area contributed by atoms with Gasteiger partial charge in [0.25, 0.3) is 0 Å². The second kappa shape index (κ2) is 7.31. The van der Waals surface area contributed by atoms with Crippen LogP contribution in [0.25, 0.3) is 11.1 Å². The lowest BCUT2D eigenvalue weighted by Crippen LogP contribution is -2.14. The highest BCUT2D eigenvalue weighted by molar-refractivity contribution is 9.10. The summed E-state index contributed by atoms with van der Waals surface area (Å²) in [5.41, 5.74) is -0.0460. The molecule has 2 N–H and O–H groups in total. The van der Waals surface area contributed by atoms with Gasteiger partial charge < -0.3 is 14.9 Å². The number of halogens is 1. The van der Waals surface area contributed by atoms with E-state index in [9.17, 15) is 24.6 Å². The van der Waals surface area contributed by atoms with Crippen LogP contribution in [0.2, 0.25) is 0 Å². The molecule has 0 bridgehead atoms. The largest absolute Gasteiger partial charge is 0.478 e. The second-order valence-corrected chi connectivity index (χ2v) is 5.98. The summed E-state index contributed by atoms with van der Waals surface area (Å²) in [6.45, 7) is 4.74. The van der Waals surface area contributed by atoms with Gasteiger partial charge in [-0.05, 0) is 36.2 Å². The summed E-state index contributed by atoms with van der Waals surface area (Å²) in [6.07, 6.45) is 0.898. The van der Waals surface area contributed by atoms with Crippen LogP contribution < -0.4 is 4.74 Å². The predicted molar refractivity (Wildman–Crippen MR) is 94.1 cm³/mol. The molecule has 0 aliphatic carbocycles. The maximum Gasteiger partial charge on any atom is 0.340 e. The molecule has 0 aromatic heterocycles. The van der Waals surface area contributed by atoms with Crippen LogP contribution in [-0.2, 0) is 4.79 Å². The minimum atomic E-state index is -1.41. The summed E-state index contributed by atoms with van der Waals surface area (Å²) in [6, 6.07) is 7.74. The summed E-state index contributed by atoms with van der Waals surface area (Å²) >= 11 is 3.27. The van der Waals surface area contributed by atoms with Gasteiger partial charge in [-0.1, -0.05) is 34.6 Å². The Morgan fingerprint density at radius 2 is 1.72 bits per heavy atom. The van der Waals surface area contributed by atoms with Crippen molar-refractivity contribution in [2.24, 2.45) is 0 Å². The first-order chi connectivity index (χ1) is 11.8. The van der Waals surface area contributed by atoms with Crippen LogP contribution in [0, 0.1) is 6.92 Å². The molecule has 0 atom stereocenters. The van der Waals surface area contributed by atoms with Gasteiger partial charge in [0.15, 0.2) is 0 Å². The fraction of sp³-hybridized carbons (Fsp3) is 0.0556. The maximum absolute atomic E-state index is 11.9. The van der Waals surface area contributed by atoms with Gasteiger partial charge in [0.05, 0.1) is 5.56 Å². The fourth-order valence-corrected chi connectivity index (χ4v) is 2.63. The van der Waals surface area contributed by atoms with Crippen LogP contribution in [0.1, 0.15) is 26.3 Å². The molecule has 7 heteroatoms. The van der Waals surface area contributed by atoms with Crippen LogP contribution >= 0.6 is 15.9 Å². The third-order valence-electron chi connectivity index (χ3n) is 3.41. The van der Waals surface area contributed by atoms with Crippen LogP contribution in [-0.4, -0.2) is 28.1 Å². The van der Waals surface area contributed by atoms with Crippen molar-refractivity contribution in [3.63, 3.8) is 0 Å². The first kappa shape index (κ1) is 18.4. The van der Waals surface area contributed by atoms with Gasteiger partial charge in [0.1, 0.15) is 11.3 Å². The van der Waals surface area contributed by atoms with Crippen molar-refractivity contribution in [1.82, 2.24) is 0 Å². The van der Waals surface area contributed by atoms with Gasteiger partial charge in [-0.3, -0.25) is 0 Å². The maximum atomic E-state index is 11.9. The lowest BCUT2D eigenvalue weighted by molar-refractivity contribution is -0.129. The molecule has 2 aromatic rings. The zero-order valence-electron chi connectivity index (χ0n) is 13.1. The van der Waals surface area contributed by atoms with E-state index < -0.39 is 23.5 Å². The SMILES string of the molecule is C=CC(=O)Oc1c(C)cc(C(=O)O)c(-c2ccc(Br)cc2)c1C(=O)O. The van der Waals surface area contributed by atoms with Crippen molar-refractivity contribution in [1.29, 1.82) is 0 Å². The molecule has 0 heterocycles. The molecule has 2 rings (SSSR count). The van der Waals surface area contributed by atoms with E-state index >= 15 is 0 Å². The Hall–Kier alpha value is -2.93. The fourth-order valence-electron chi connectivity index (χ4n) is 2.36. The normalized spacial score (nSPS) is 10.2. The quantitative estimate of drug-likeness (QED) is 0.445. The Morgan fingerprint density at radius 1 is 1.12 bits per heavy atom. The Kier molecular flexibility index (Phi) is 5.38. The number of carbonyl (C=O) groups is 3. The zero-order valence-corrected chi connectivity index (χ0v) is 14.7. The first-order valence-electron chi connectivity index (χ1n) is 7.00. The molecule has 0 saturated carbocycles. The smallest absolute Gasteiger partial charge is 0.340 e. The summed E-state index contributed by atoms with van der Waals surface area (Å²) in [7, 11) is 0. The van der Waals surface area contributed by atoms with Crippen LogP contribution in [0.15, 0.2) is 47.5 Å². The number of aryl methyl sites for hydroxylation is 1. The van der Waals surface area contributed by atoms with E-state index in [1.54, 1.807) is 24.3 Å². The van der Waals surface area contributed by atoms with Crippen molar-refractivity contribution >= 4 is 33.8 Å². The van der Waals surface area contributed by atoms with Gasteiger partial charge >= 0.3 is 17.9 Å². The third-order valence-corrected chi connectivity index (χ3v) is 3.94. The number of carbonyl (C=O) groups excluding carboxylic acids is 1. The Morgan fingerprint density at radius 3 is 2.20 bits per heavy atom. The van der Waals surface area contributed by atoms with Crippen molar-refractivity contribution in [2.45, 2.75) is 6.92 Å². The van der Waals surface area contributed by atoms with Gasteiger partial charge in [-0.15, -0.1) is 0 Å². The number of carboxylic acid groups (broad SMARTS) is 2. The highest BCUT2D eigenvalue weighted by Gasteiger charge is 2.27. The van der Waals surface area contributed by atoms with Crippen molar-refractivity contribution in [3.05, 3.63) is 64.1 Å². The van der Waals surface area contributed by atoms with Crippen LogP contribution in [0.4, 0.5) is 0 Å². The van der Waals surface area contributed by atoms with E-state index in [1.807, 2.05) is 0 Å². The molecule has 128 valence electrons. The van der Waals surface area contributed by atoms with E-state index in [1.165, 1.54) is 13.0 Å². The average Bonchev–Trinajstić information content (AvgIpc) is 2.56. The van der Waals surface area contributed by atoms with E-state index in [2.05, 4.69) is 22.5 Å². The van der Waals surface area contributed by atoms with Gasteiger partial charge in [0.2, 0.25) is 0 Å². The van der Waals surface area contributed by atoms with Crippen molar-refractivity contribution in [2.75, 3.05) is 0 Å². The molecule has 0 aliphatic rings. The summed E-state index contributed by atoms with van der Waals surface area (Å²) in [4.78, 5) is 35.1. The predicted octanol–water partition coefficient (Wildman–Crippen LogP) is 3.91. The molecule has 0 unspecified atom stereocenters. The molecular weight excluding hydrogens is 392 g/mol. The lowest BCUT2D eigenvalue weighted by atomic mass is 9.91. The molecular formula is C18H13BrO6. The number of esters is 1. The highest BCUT2D eigenvalue weighted by atomic mass is 79.9. The molecule has 2 aromatic carbocycles. The molecule has 0 aliphatic heterocycles. The molecule has 0 saturated heterocycles. The zero-order chi connectivity index (χ0) is 18.7. The standard InChI is InChI=1S/C18H13BrO6/c1-3-13(20)25-16-9(2)8-12(17(21)22)14(15(16)18(23)24)10-4-6-11(19)7-5-10/h3-8H,1H2,2H3,(H,21,22)(H,23,24). The molecule has 25 heavy (non-hydrogen) atoms. The number of hydrogen-bond donors (Lipinski definition) is 2.